The zero-order valence-corrected chi connectivity index (χ0v) is 13.4. The highest BCUT2D eigenvalue weighted by atomic mass is 32.1. The van der Waals surface area contributed by atoms with E-state index in [1.807, 2.05) is 37.3 Å². The zero-order chi connectivity index (χ0) is 16.7. The van der Waals surface area contributed by atoms with Crippen LogP contribution in [0.5, 0.6) is 0 Å². The second-order valence-electron chi connectivity index (χ2n) is 4.93. The van der Waals surface area contributed by atoms with Crippen LogP contribution in [0.25, 0.3) is 0 Å². The van der Waals surface area contributed by atoms with E-state index in [0.717, 1.165) is 11.1 Å². The lowest BCUT2D eigenvalue weighted by molar-refractivity contribution is -0.121. The second-order valence-corrected chi connectivity index (χ2v) is 5.33. The molecule has 0 aliphatic carbocycles. The molecule has 2 aromatic rings. The van der Waals surface area contributed by atoms with Crippen molar-refractivity contribution >= 4 is 29.1 Å². The number of carbonyl (C=O) groups excluding carboxylic acids is 2. The van der Waals surface area contributed by atoms with Crippen molar-refractivity contribution in [1.82, 2.24) is 16.2 Å². The van der Waals surface area contributed by atoms with Crippen LogP contribution in [-0.4, -0.2) is 16.9 Å². The number of hydrazine groups is 1. The lowest BCUT2D eigenvalue weighted by atomic mass is 10.1. The Morgan fingerprint density at radius 1 is 0.957 bits per heavy atom. The van der Waals surface area contributed by atoms with Gasteiger partial charge in [-0.25, -0.2) is 0 Å². The van der Waals surface area contributed by atoms with Crippen molar-refractivity contribution in [3.05, 3.63) is 71.3 Å². The molecule has 0 atom stereocenters. The Morgan fingerprint density at radius 3 is 2.30 bits per heavy atom. The number of carbonyl (C=O) groups is 2. The molecule has 3 N–H and O–H groups in total. The Labute approximate surface area is 140 Å². The molecule has 23 heavy (non-hydrogen) atoms. The molecular weight excluding hydrogens is 310 g/mol. The normalized spacial score (nSPS) is 9.78. The van der Waals surface area contributed by atoms with E-state index >= 15 is 0 Å². The third-order valence-electron chi connectivity index (χ3n) is 3.19. The summed E-state index contributed by atoms with van der Waals surface area (Å²) in [5, 5.41) is 2.53. The monoisotopic (exact) mass is 327 g/mol. The summed E-state index contributed by atoms with van der Waals surface area (Å²) < 4.78 is 0. The maximum Gasteiger partial charge on any atom is 0.257 e. The third kappa shape index (κ3) is 5.19. The number of hydrogen-bond acceptors (Lipinski definition) is 3. The molecule has 0 fully saturated rings. The Hall–Kier alpha value is -2.73. The van der Waals surface area contributed by atoms with Crippen LogP contribution < -0.4 is 16.2 Å². The first-order valence-corrected chi connectivity index (χ1v) is 7.47. The number of rotatable bonds is 3. The second kappa shape index (κ2) is 8.05. The van der Waals surface area contributed by atoms with Crippen LogP contribution in [0.4, 0.5) is 0 Å². The molecule has 0 bridgehead atoms. The highest BCUT2D eigenvalue weighted by molar-refractivity contribution is 7.80. The number of nitrogens with one attached hydrogen (secondary N) is 3. The van der Waals surface area contributed by atoms with Gasteiger partial charge in [0.2, 0.25) is 5.91 Å². The van der Waals surface area contributed by atoms with Crippen LogP contribution in [0.2, 0.25) is 0 Å². The maximum atomic E-state index is 11.9. The molecule has 5 nitrogen and oxygen atoms in total. The topological polar surface area (TPSA) is 70.2 Å². The zero-order valence-electron chi connectivity index (χ0n) is 12.6. The summed E-state index contributed by atoms with van der Waals surface area (Å²) in [5.41, 5.74) is 7.46. The van der Waals surface area contributed by atoms with Gasteiger partial charge < -0.3 is 0 Å². The highest BCUT2D eigenvalue weighted by Gasteiger charge is 2.09. The van der Waals surface area contributed by atoms with Crippen molar-refractivity contribution in [1.29, 1.82) is 0 Å². The van der Waals surface area contributed by atoms with Crippen LogP contribution in [0.3, 0.4) is 0 Å². The van der Waals surface area contributed by atoms with Crippen molar-refractivity contribution < 1.29 is 9.59 Å². The van der Waals surface area contributed by atoms with Crippen molar-refractivity contribution in [3.8, 4) is 0 Å². The fourth-order valence-corrected chi connectivity index (χ4v) is 2.09. The Bertz CT molecular complexity index is 717. The van der Waals surface area contributed by atoms with Gasteiger partial charge in [0.15, 0.2) is 5.11 Å². The largest absolute Gasteiger partial charge is 0.298 e. The van der Waals surface area contributed by atoms with Crippen molar-refractivity contribution in [2.45, 2.75) is 13.3 Å². The van der Waals surface area contributed by atoms with Crippen LogP contribution in [0, 0.1) is 6.92 Å². The van der Waals surface area contributed by atoms with E-state index in [4.69, 9.17) is 12.2 Å². The Balaban J connectivity index is 1.79. The van der Waals surface area contributed by atoms with E-state index in [9.17, 15) is 9.59 Å². The average molecular weight is 327 g/mol. The fraction of sp³-hybridized carbons (Fsp3) is 0.118. The van der Waals surface area contributed by atoms with Gasteiger partial charge in [-0.3, -0.25) is 25.8 Å². The minimum Gasteiger partial charge on any atom is -0.298 e. The van der Waals surface area contributed by atoms with Gasteiger partial charge in [-0.2, -0.15) is 0 Å². The number of aryl methyl sites for hydroxylation is 1. The van der Waals surface area contributed by atoms with Gasteiger partial charge in [-0.05, 0) is 42.4 Å². The van der Waals surface area contributed by atoms with E-state index < -0.39 is 0 Å². The van der Waals surface area contributed by atoms with E-state index in [-0.39, 0.29) is 23.3 Å². The summed E-state index contributed by atoms with van der Waals surface area (Å²) in [6, 6.07) is 16.3. The summed E-state index contributed by atoms with van der Waals surface area (Å²) >= 11 is 4.98. The molecule has 0 aromatic heterocycles. The van der Waals surface area contributed by atoms with Crippen molar-refractivity contribution in [3.63, 3.8) is 0 Å². The molecule has 0 heterocycles. The molecule has 0 spiro atoms. The van der Waals surface area contributed by atoms with Gasteiger partial charge in [-0.1, -0.05) is 42.5 Å². The number of benzene rings is 2. The molecule has 0 aliphatic rings. The fourth-order valence-electron chi connectivity index (χ4n) is 1.95. The molecule has 0 saturated carbocycles. The molecular formula is C17H17N3O2S. The van der Waals surface area contributed by atoms with Crippen molar-refractivity contribution in [2.75, 3.05) is 0 Å². The minimum absolute atomic E-state index is 0.0389. The predicted molar refractivity (Wildman–Crippen MR) is 92.7 cm³/mol. The first-order chi connectivity index (χ1) is 11.1. The van der Waals surface area contributed by atoms with Crippen LogP contribution in [0.15, 0.2) is 54.6 Å². The standard InChI is InChI=1S/C17H17N3O2S/c1-12-7-5-6-10-14(12)11-15(21)19-20-17(23)18-16(22)13-8-3-2-4-9-13/h2-10H,11H2,1H3,(H,19,21)(H2,18,20,22,23). The molecule has 0 unspecified atom stereocenters. The van der Waals surface area contributed by atoms with Gasteiger partial charge in [0.25, 0.3) is 5.91 Å². The van der Waals surface area contributed by atoms with Crippen molar-refractivity contribution in [2.24, 2.45) is 0 Å². The molecule has 118 valence electrons. The molecule has 2 amide bonds. The molecule has 2 rings (SSSR count). The van der Waals surface area contributed by atoms with Gasteiger partial charge in [0.05, 0.1) is 6.42 Å². The van der Waals surface area contributed by atoms with Crippen LogP contribution >= 0.6 is 12.2 Å². The number of amides is 2. The van der Waals surface area contributed by atoms with Crippen LogP contribution in [0.1, 0.15) is 21.5 Å². The maximum absolute atomic E-state index is 11.9. The minimum atomic E-state index is -0.337. The van der Waals surface area contributed by atoms with Gasteiger partial charge in [-0.15, -0.1) is 0 Å². The van der Waals surface area contributed by atoms with Gasteiger partial charge in [0.1, 0.15) is 0 Å². The lowest BCUT2D eigenvalue weighted by Gasteiger charge is -2.11. The molecule has 2 aromatic carbocycles. The highest BCUT2D eigenvalue weighted by Crippen LogP contribution is 2.07. The summed E-state index contributed by atoms with van der Waals surface area (Å²) in [6.07, 6.45) is 0.231. The Kier molecular flexibility index (Phi) is 5.82. The van der Waals surface area contributed by atoms with Crippen LogP contribution in [-0.2, 0) is 11.2 Å². The van der Waals surface area contributed by atoms with Gasteiger partial charge >= 0.3 is 0 Å². The van der Waals surface area contributed by atoms with E-state index in [2.05, 4.69) is 16.2 Å². The summed E-state index contributed by atoms with van der Waals surface area (Å²) in [7, 11) is 0. The summed E-state index contributed by atoms with van der Waals surface area (Å²) in [6.45, 7) is 1.95. The quantitative estimate of drug-likeness (QED) is 0.595. The third-order valence-corrected chi connectivity index (χ3v) is 3.39. The predicted octanol–water partition coefficient (Wildman–Crippen LogP) is 1.87. The van der Waals surface area contributed by atoms with E-state index in [0.29, 0.717) is 5.56 Å². The molecule has 6 heteroatoms. The Morgan fingerprint density at radius 2 is 1.61 bits per heavy atom. The first-order valence-electron chi connectivity index (χ1n) is 7.06. The van der Waals surface area contributed by atoms with E-state index in [1.165, 1.54) is 0 Å². The SMILES string of the molecule is Cc1ccccc1CC(=O)NNC(=S)NC(=O)c1ccccc1. The first kappa shape index (κ1) is 16.6. The smallest absolute Gasteiger partial charge is 0.257 e. The molecule has 0 aliphatic heterocycles. The number of hydrogen-bond donors (Lipinski definition) is 3. The molecule has 0 radical (unpaired) electrons. The summed E-state index contributed by atoms with van der Waals surface area (Å²) in [5.74, 6) is -0.577. The molecule has 0 saturated heterocycles. The lowest BCUT2D eigenvalue weighted by Crippen LogP contribution is -2.48. The number of thiocarbonyl (C=S) groups is 1. The average Bonchev–Trinajstić information content (AvgIpc) is 2.56. The van der Waals surface area contributed by atoms with E-state index in [1.54, 1.807) is 24.3 Å². The summed E-state index contributed by atoms with van der Waals surface area (Å²) in [4.78, 5) is 23.8. The van der Waals surface area contributed by atoms with Gasteiger partial charge in [0, 0.05) is 5.56 Å².